The van der Waals surface area contributed by atoms with Gasteiger partial charge in [-0.25, -0.2) is 0 Å². The van der Waals surface area contributed by atoms with Gasteiger partial charge in [-0.3, -0.25) is 0 Å². The molecule has 1 heterocycles. The van der Waals surface area contributed by atoms with Gasteiger partial charge in [-0.2, -0.15) is 0 Å². The Morgan fingerprint density at radius 3 is 2.86 bits per heavy atom. The molecule has 1 aromatic heterocycles. The fraction of sp³-hybridized carbons (Fsp3) is 0.333. The average Bonchev–Trinajstić information content (AvgIpc) is 2.56. The van der Waals surface area contributed by atoms with Crippen LogP contribution in [0.25, 0.3) is 10.9 Å². The maximum Gasteiger partial charge on any atom is 0.0459 e. The predicted molar refractivity (Wildman–Crippen MR) is 60.5 cm³/mol. The third-order valence-electron chi connectivity index (χ3n) is 2.73. The molecular formula is C12H16N2. The van der Waals surface area contributed by atoms with E-state index in [1.54, 1.807) is 0 Å². The van der Waals surface area contributed by atoms with Crippen molar-refractivity contribution < 1.29 is 0 Å². The van der Waals surface area contributed by atoms with E-state index in [9.17, 15) is 0 Å². The molecule has 0 spiro atoms. The summed E-state index contributed by atoms with van der Waals surface area (Å²) < 4.78 is 0. The lowest BCUT2D eigenvalue weighted by Crippen LogP contribution is -2.12. The molecule has 0 saturated carbocycles. The van der Waals surface area contributed by atoms with Gasteiger partial charge in [0.15, 0.2) is 0 Å². The summed E-state index contributed by atoms with van der Waals surface area (Å²) in [5, 5.41) is 4.59. The molecule has 0 aliphatic rings. The molecule has 0 aliphatic carbocycles. The lowest BCUT2D eigenvalue weighted by atomic mass is 10.0. The molecule has 0 aliphatic heterocycles. The summed E-state index contributed by atoms with van der Waals surface area (Å²) in [7, 11) is 1.99. The van der Waals surface area contributed by atoms with Gasteiger partial charge in [0.25, 0.3) is 0 Å². The summed E-state index contributed by atoms with van der Waals surface area (Å²) in [4.78, 5) is 3.35. The van der Waals surface area contributed by atoms with E-state index in [2.05, 4.69) is 48.4 Å². The zero-order chi connectivity index (χ0) is 10.1. The summed E-state index contributed by atoms with van der Waals surface area (Å²) in [6.45, 7) is 4.27. The maximum atomic E-state index is 3.35. The largest absolute Gasteiger partial charge is 0.359 e. The fourth-order valence-corrected chi connectivity index (χ4v) is 1.85. The van der Waals surface area contributed by atoms with Crippen molar-refractivity contribution in [3.63, 3.8) is 0 Å². The van der Waals surface area contributed by atoms with E-state index in [1.165, 1.54) is 22.2 Å². The van der Waals surface area contributed by atoms with Crippen molar-refractivity contribution in [3.8, 4) is 0 Å². The number of aryl methyl sites for hydroxylation is 1. The summed E-state index contributed by atoms with van der Waals surface area (Å²) in [5.41, 5.74) is 3.80. The van der Waals surface area contributed by atoms with E-state index in [0.29, 0.717) is 6.04 Å². The van der Waals surface area contributed by atoms with Gasteiger partial charge in [-0.15, -0.1) is 0 Å². The minimum absolute atomic E-state index is 0.397. The van der Waals surface area contributed by atoms with E-state index in [-0.39, 0.29) is 0 Å². The van der Waals surface area contributed by atoms with Crippen LogP contribution in [0.2, 0.25) is 0 Å². The molecule has 2 nitrogen and oxygen atoms in total. The van der Waals surface area contributed by atoms with Crippen LogP contribution in [-0.2, 0) is 0 Å². The minimum Gasteiger partial charge on any atom is -0.359 e. The molecule has 1 aromatic carbocycles. The smallest absolute Gasteiger partial charge is 0.0459 e. The van der Waals surface area contributed by atoms with Crippen LogP contribution in [0.3, 0.4) is 0 Å². The van der Waals surface area contributed by atoms with Gasteiger partial charge in [0, 0.05) is 22.6 Å². The molecule has 0 amide bonds. The first kappa shape index (κ1) is 9.28. The minimum atomic E-state index is 0.397. The molecule has 2 N–H and O–H groups in total. The van der Waals surface area contributed by atoms with E-state index >= 15 is 0 Å². The Balaban J connectivity index is 2.64. The van der Waals surface area contributed by atoms with E-state index in [4.69, 9.17) is 0 Å². The molecule has 0 bridgehead atoms. The van der Waals surface area contributed by atoms with Crippen LogP contribution in [0.15, 0.2) is 24.3 Å². The Morgan fingerprint density at radius 2 is 2.14 bits per heavy atom. The zero-order valence-corrected chi connectivity index (χ0v) is 8.89. The van der Waals surface area contributed by atoms with Gasteiger partial charge >= 0.3 is 0 Å². The number of nitrogens with one attached hydrogen (secondary N) is 2. The number of hydrogen-bond donors (Lipinski definition) is 2. The predicted octanol–water partition coefficient (Wildman–Crippen LogP) is 2.76. The molecule has 0 radical (unpaired) electrons. The molecule has 74 valence electrons. The zero-order valence-electron chi connectivity index (χ0n) is 8.89. The highest BCUT2D eigenvalue weighted by molar-refractivity contribution is 5.84. The molecule has 1 unspecified atom stereocenters. The third-order valence-corrected chi connectivity index (χ3v) is 2.73. The number of fused-ring (bicyclic) bond motifs is 1. The van der Waals surface area contributed by atoms with Gasteiger partial charge in [0.05, 0.1) is 0 Å². The van der Waals surface area contributed by atoms with Crippen LogP contribution < -0.4 is 5.32 Å². The van der Waals surface area contributed by atoms with Gasteiger partial charge in [-0.1, -0.05) is 12.1 Å². The molecule has 2 rings (SSSR count). The van der Waals surface area contributed by atoms with Gasteiger partial charge in [-0.05, 0) is 38.6 Å². The number of aromatic nitrogens is 1. The van der Waals surface area contributed by atoms with E-state index < -0.39 is 0 Å². The standard InChI is InChI=1S/C12H16N2/c1-8-7-11-10(9(2)13-3)5-4-6-12(11)14-8/h4-7,9,13-14H,1-3H3. The highest BCUT2D eigenvalue weighted by atomic mass is 14.9. The van der Waals surface area contributed by atoms with Gasteiger partial charge in [0.2, 0.25) is 0 Å². The number of aromatic amines is 1. The number of rotatable bonds is 2. The lowest BCUT2D eigenvalue weighted by Gasteiger charge is -2.11. The van der Waals surface area contributed by atoms with Crippen molar-refractivity contribution in [1.82, 2.24) is 10.3 Å². The van der Waals surface area contributed by atoms with Crippen molar-refractivity contribution in [2.24, 2.45) is 0 Å². The van der Waals surface area contributed by atoms with Crippen molar-refractivity contribution in [1.29, 1.82) is 0 Å². The Hall–Kier alpha value is -1.28. The molecule has 0 fully saturated rings. The quantitative estimate of drug-likeness (QED) is 0.745. The summed E-state index contributed by atoms with van der Waals surface area (Å²) in [6.07, 6.45) is 0. The van der Waals surface area contributed by atoms with Crippen molar-refractivity contribution in [2.75, 3.05) is 7.05 Å². The summed E-state index contributed by atoms with van der Waals surface area (Å²) >= 11 is 0. The average molecular weight is 188 g/mol. The van der Waals surface area contributed by atoms with Gasteiger partial charge < -0.3 is 10.3 Å². The second-order valence-corrected chi connectivity index (χ2v) is 3.77. The Kier molecular flexibility index (Phi) is 2.30. The Bertz CT molecular complexity index is 443. The summed E-state index contributed by atoms with van der Waals surface area (Å²) in [6, 6.07) is 9.00. The summed E-state index contributed by atoms with van der Waals surface area (Å²) in [5.74, 6) is 0. The lowest BCUT2D eigenvalue weighted by molar-refractivity contribution is 0.657. The first-order chi connectivity index (χ1) is 6.72. The third kappa shape index (κ3) is 1.42. The van der Waals surface area contributed by atoms with E-state index in [1.807, 2.05) is 7.05 Å². The van der Waals surface area contributed by atoms with Crippen molar-refractivity contribution in [2.45, 2.75) is 19.9 Å². The Labute approximate surface area is 84.3 Å². The highest BCUT2D eigenvalue weighted by Crippen LogP contribution is 2.24. The van der Waals surface area contributed by atoms with Crippen LogP contribution in [0.4, 0.5) is 0 Å². The SMILES string of the molecule is CNC(C)c1cccc2[nH]c(C)cc12. The van der Waals surface area contributed by atoms with Crippen LogP contribution in [0, 0.1) is 6.92 Å². The molecule has 1 atom stereocenters. The first-order valence-corrected chi connectivity index (χ1v) is 4.98. The van der Waals surface area contributed by atoms with Crippen molar-refractivity contribution >= 4 is 10.9 Å². The van der Waals surface area contributed by atoms with Crippen LogP contribution in [0.5, 0.6) is 0 Å². The van der Waals surface area contributed by atoms with E-state index in [0.717, 1.165) is 0 Å². The van der Waals surface area contributed by atoms with Crippen molar-refractivity contribution in [3.05, 3.63) is 35.5 Å². The molecule has 2 heteroatoms. The molecule has 2 aromatic rings. The van der Waals surface area contributed by atoms with Crippen LogP contribution in [0.1, 0.15) is 24.2 Å². The first-order valence-electron chi connectivity index (χ1n) is 4.98. The number of benzene rings is 1. The second kappa shape index (κ2) is 3.46. The number of H-pyrrole nitrogens is 1. The fourth-order valence-electron chi connectivity index (χ4n) is 1.85. The second-order valence-electron chi connectivity index (χ2n) is 3.77. The normalized spacial score (nSPS) is 13.4. The highest BCUT2D eigenvalue weighted by Gasteiger charge is 2.08. The van der Waals surface area contributed by atoms with Gasteiger partial charge in [0.1, 0.15) is 0 Å². The monoisotopic (exact) mass is 188 g/mol. The van der Waals surface area contributed by atoms with Crippen LogP contribution in [-0.4, -0.2) is 12.0 Å². The number of hydrogen-bond acceptors (Lipinski definition) is 1. The molecule has 14 heavy (non-hydrogen) atoms. The molecular weight excluding hydrogens is 172 g/mol. The Morgan fingerprint density at radius 1 is 1.36 bits per heavy atom. The molecule has 0 saturated heterocycles. The topological polar surface area (TPSA) is 27.8 Å². The van der Waals surface area contributed by atoms with Crippen LogP contribution >= 0.6 is 0 Å². The maximum absolute atomic E-state index is 3.35.